The normalized spacial score (nSPS) is 14.1. The highest BCUT2D eigenvalue weighted by Crippen LogP contribution is 2.34. The minimum atomic E-state index is -0.491. The highest BCUT2D eigenvalue weighted by atomic mass is 16.6. The first-order valence-corrected chi connectivity index (χ1v) is 12.0. The van der Waals surface area contributed by atoms with Crippen molar-refractivity contribution in [2.24, 2.45) is 0 Å². The van der Waals surface area contributed by atoms with Gasteiger partial charge in [0.15, 0.2) is 0 Å². The second-order valence-corrected chi connectivity index (χ2v) is 9.03. The van der Waals surface area contributed by atoms with Gasteiger partial charge in [-0.2, -0.15) is 0 Å². The molecule has 1 aliphatic rings. The summed E-state index contributed by atoms with van der Waals surface area (Å²) in [6, 6.07) is 23.9. The van der Waals surface area contributed by atoms with Crippen molar-refractivity contribution in [1.82, 2.24) is 4.98 Å². The minimum Gasteiger partial charge on any atom is -0.457 e. The number of rotatable bonds is 6. The van der Waals surface area contributed by atoms with Gasteiger partial charge in [0.05, 0.1) is 21.7 Å². The number of carbonyl (C=O) groups excluding carboxylic acids is 1. The van der Waals surface area contributed by atoms with Crippen molar-refractivity contribution in [1.29, 1.82) is 0 Å². The molecule has 0 spiro atoms. The van der Waals surface area contributed by atoms with E-state index >= 15 is 0 Å². The van der Waals surface area contributed by atoms with Crippen molar-refractivity contribution in [3.05, 3.63) is 106 Å². The standard InChI is InChI=1S/C29H26N2O4/c32-29(35-19-20-7-6-10-24(17-20)31(33)34)26-18-28(30-27-12-5-4-11-25(26)27)23-15-13-22(14-16-23)21-8-2-1-3-9-21/h4-7,10-18,21H,1-3,8-9,19H2. The zero-order valence-corrected chi connectivity index (χ0v) is 19.4. The van der Waals surface area contributed by atoms with Gasteiger partial charge in [0.25, 0.3) is 5.69 Å². The molecule has 3 aromatic carbocycles. The second kappa shape index (κ2) is 10.1. The van der Waals surface area contributed by atoms with E-state index in [-0.39, 0.29) is 12.3 Å². The number of para-hydroxylation sites is 1. The summed E-state index contributed by atoms with van der Waals surface area (Å²) in [5.41, 5.74) is 4.68. The Balaban J connectivity index is 1.42. The number of hydrogen-bond acceptors (Lipinski definition) is 5. The molecule has 5 rings (SSSR count). The van der Waals surface area contributed by atoms with Gasteiger partial charge in [0.1, 0.15) is 6.61 Å². The van der Waals surface area contributed by atoms with Gasteiger partial charge in [-0.15, -0.1) is 0 Å². The van der Waals surface area contributed by atoms with Gasteiger partial charge in [-0.3, -0.25) is 10.1 Å². The van der Waals surface area contributed by atoms with Crippen LogP contribution < -0.4 is 0 Å². The Morgan fingerprint density at radius 2 is 1.71 bits per heavy atom. The molecule has 1 saturated carbocycles. The molecular weight excluding hydrogens is 440 g/mol. The van der Waals surface area contributed by atoms with E-state index in [0.717, 1.165) is 5.56 Å². The van der Waals surface area contributed by atoms with Crippen molar-refractivity contribution in [3.63, 3.8) is 0 Å². The smallest absolute Gasteiger partial charge is 0.339 e. The highest BCUT2D eigenvalue weighted by Gasteiger charge is 2.18. The molecule has 0 aliphatic heterocycles. The molecule has 176 valence electrons. The van der Waals surface area contributed by atoms with Crippen molar-refractivity contribution >= 4 is 22.6 Å². The van der Waals surface area contributed by atoms with E-state index in [1.165, 1.54) is 49.8 Å². The Morgan fingerprint density at radius 1 is 0.943 bits per heavy atom. The molecule has 0 bridgehead atoms. The first kappa shape index (κ1) is 22.7. The summed E-state index contributed by atoms with van der Waals surface area (Å²) >= 11 is 0. The first-order valence-electron chi connectivity index (χ1n) is 12.0. The molecule has 6 nitrogen and oxygen atoms in total. The largest absolute Gasteiger partial charge is 0.457 e. The van der Waals surface area contributed by atoms with Crippen molar-refractivity contribution < 1.29 is 14.5 Å². The van der Waals surface area contributed by atoms with Crippen LogP contribution in [-0.2, 0) is 11.3 Å². The molecule has 1 fully saturated rings. The molecule has 35 heavy (non-hydrogen) atoms. The maximum Gasteiger partial charge on any atom is 0.339 e. The SMILES string of the molecule is O=C(OCc1cccc([N+](=O)[O-])c1)c1cc(-c2ccc(C3CCCCC3)cc2)nc2ccccc12. The summed E-state index contributed by atoms with van der Waals surface area (Å²) in [6.07, 6.45) is 6.40. The number of pyridine rings is 1. The third-order valence-corrected chi connectivity index (χ3v) is 6.71. The van der Waals surface area contributed by atoms with Crippen LogP contribution in [0.25, 0.3) is 22.2 Å². The number of aromatic nitrogens is 1. The van der Waals surface area contributed by atoms with Gasteiger partial charge >= 0.3 is 5.97 Å². The van der Waals surface area contributed by atoms with E-state index in [1.54, 1.807) is 18.2 Å². The zero-order valence-electron chi connectivity index (χ0n) is 19.4. The van der Waals surface area contributed by atoms with E-state index in [4.69, 9.17) is 9.72 Å². The van der Waals surface area contributed by atoms with Crippen LogP contribution in [0, 0.1) is 10.1 Å². The molecule has 0 N–H and O–H groups in total. The lowest BCUT2D eigenvalue weighted by Crippen LogP contribution is -2.07. The van der Waals surface area contributed by atoms with Crippen molar-refractivity contribution in [3.8, 4) is 11.3 Å². The van der Waals surface area contributed by atoms with E-state index in [2.05, 4.69) is 24.3 Å². The molecule has 0 radical (unpaired) electrons. The van der Waals surface area contributed by atoms with Crippen LogP contribution in [0.2, 0.25) is 0 Å². The summed E-state index contributed by atoms with van der Waals surface area (Å²) in [4.78, 5) is 28.5. The fraction of sp³-hybridized carbons (Fsp3) is 0.241. The number of nitro groups is 1. The Hall–Kier alpha value is -4.06. The fourth-order valence-corrected chi connectivity index (χ4v) is 4.84. The molecule has 1 aliphatic carbocycles. The van der Waals surface area contributed by atoms with Crippen LogP contribution in [0.1, 0.15) is 59.5 Å². The van der Waals surface area contributed by atoms with E-state index in [1.807, 2.05) is 24.3 Å². The third-order valence-electron chi connectivity index (χ3n) is 6.71. The molecule has 6 heteroatoms. The number of non-ortho nitro benzene ring substituents is 1. The maximum absolute atomic E-state index is 13.1. The fourth-order valence-electron chi connectivity index (χ4n) is 4.84. The van der Waals surface area contributed by atoms with Crippen molar-refractivity contribution in [2.45, 2.75) is 44.6 Å². The first-order chi connectivity index (χ1) is 17.1. The average molecular weight is 467 g/mol. The second-order valence-electron chi connectivity index (χ2n) is 9.03. The van der Waals surface area contributed by atoms with Crippen LogP contribution in [-0.4, -0.2) is 15.9 Å². The molecule has 0 amide bonds. The maximum atomic E-state index is 13.1. The molecule has 1 aromatic heterocycles. The molecule has 1 heterocycles. The number of carbonyl (C=O) groups is 1. The summed E-state index contributed by atoms with van der Waals surface area (Å²) in [5, 5.41) is 11.7. The van der Waals surface area contributed by atoms with Gasteiger partial charge in [-0.1, -0.05) is 73.9 Å². The molecular formula is C29H26N2O4. The number of ether oxygens (including phenoxy) is 1. The van der Waals surface area contributed by atoms with Crippen LogP contribution in [0.3, 0.4) is 0 Å². The summed E-state index contributed by atoms with van der Waals surface area (Å²) in [5.74, 6) is 0.136. The average Bonchev–Trinajstić information content (AvgIpc) is 2.92. The van der Waals surface area contributed by atoms with Crippen molar-refractivity contribution in [2.75, 3.05) is 0 Å². The van der Waals surface area contributed by atoms with Crippen LogP contribution in [0.4, 0.5) is 5.69 Å². The quantitative estimate of drug-likeness (QED) is 0.170. The van der Waals surface area contributed by atoms with Gasteiger partial charge in [0, 0.05) is 23.1 Å². The van der Waals surface area contributed by atoms with E-state index in [0.29, 0.717) is 33.6 Å². The van der Waals surface area contributed by atoms with Gasteiger partial charge in [-0.25, -0.2) is 9.78 Å². The molecule has 4 aromatic rings. The highest BCUT2D eigenvalue weighted by molar-refractivity contribution is 6.04. The number of esters is 1. The topological polar surface area (TPSA) is 82.3 Å². The van der Waals surface area contributed by atoms with E-state index < -0.39 is 10.9 Å². The molecule has 0 saturated heterocycles. The number of nitrogens with zero attached hydrogens (tertiary/aromatic N) is 2. The Labute approximate surface area is 203 Å². The lowest BCUT2D eigenvalue weighted by molar-refractivity contribution is -0.384. The van der Waals surface area contributed by atoms with Gasteiger partial charge in [-0.05, 0) is 42.0 Å². The number of fused-ring (bicyclic) bond motifs is 1. The lowest BCUT2D eigenvalue weighted by atomic mass is 9.84. The zero-order chi connectivity index (χ0) is 24.2. The summed E-state index contributed by atoms with van der Waals surface area (Å²) < 4.78 is 5.56. The predicted molar refractivity (Wildman–Crippen MR) is 135 cm³/mol. The van der Waals surface area contributed by atoms with Crippen LogP contribution in [0.15, 0.2) is 78.9 Å². The van der Waals surface area contributed by atoms with Gasteiger partial charge < -0.3 is 4.74 Å². The van der Waals surface area contributed by atoms with Crippen LogP contribution in [0.5, 0.6) is 0 Å². The number of hydrogen-bond donors (Lipinski definition) is 0. The molecule has 0 atom stereocenters. The monoisotopic (exact) mass is 466 g/mol. The third kappa shape index (κ3) is 5.06. The Kier molecular flexibility index (Phi) is 6.53. The molecule has 0 unspecified atom stereocenters. The van der Waals surface area contributed by atoms with Crippen LogP contribution >= 0.6 is 0 Å². The summed E-state index contributed by atoms with van der Waals surface area (Å²) in [6.45, 7) is -0.0530. The van der Waals surface area contributed by atoms with Gasteiger partial charge in [0.2, 0.25) is 0 Å². The predicted octanol–water partition coefficient (Wildman–Crippen LogP) is 7.21. The lowest BCUT2D eigenvalue weighted by Gasteiger charge is -2.22. The number of nitro benzene ring substituents is 1. The Bertz CT molecular complexity index is 1380. The Morgan fingerprint density at radius 3 is 2.49 bits per heavy atom. The minimum absolute atomic E-state index is 0.0353. The summed E-state index contributed by atoms with van der Waals surface area (Å²) in [7, 11) is 0. The number of benzene rings is 3. The van der Waals surface area contributed by atoms with E-state index in [9.17, 15) is 14.9 Å².